The molecule has 0 amide bonds. The van der Waals surface area contributed by atoms with Gasteiger partial charge in [0, 0.05) is 25.3 Å². The van der Waals surface area contributed by atoms with Crippen LogP contribution >= 0.6 is 0 Å². The molecule has 8 unspecified atom stereocenters. The van der Waals surface area contributed by atoms with Crippen LogP contribution in [0.2, 0.25) is 0 Å². The number of benzene rings is 1. The second-order valence-corrected chi connectivity index (χ2v) is 15.8. The summed E-state index contributed by atoms with van der Waals surface area (Å²) in [5, 5.41) is 7.00. The first-order valence-corrected chi connectivity index (χ1v) is 16.6. The molecule has 1 aromatic carbocycles. The lowest BCUT2D eigenvalue weighted by Gasteiger charge is -2.66. The summed E-state index contributed by atoms with van der Waals surface area (Å²) in [4.78, 5) is 20.5. The molecule has 242 valence electrons. The maximum atomic E-state index is 10.2. The van der Waals surface area contributed by atoms with E-state index in [0.717, 1.165) is 30.8 Å². The second-order valence-electron chi connectivity index (χ2n) is 15.8. The molecule has 43 heavy (non-hydrogen) atoms. The van der Waals surface area contributed by atoms with Gasteiger partial charge in [-0.25, -0.2) is 0 Å². The number of hydrogen-bond donors (Lipinski definition) is 1. The van der Waals surface area contributed by atoms with Gasteiger partial charge < -0.3 is 9.84 Å². The molecule has 0 saturated heterocycles. The minimum atomic E-state index is 0. The van der Waals surface area contributed by atoms with Gasteiger partial charge in [0.15, 0.2) is 12.6 Å². The van der Waals surface area contributed by atoms with Gasteiger partial charge in [-0.15, -0.1) is 0 Å². The van der Waals surface area contributed by atoms with Crippen LogP contribution in [-0.4, -0.2) is 38.0 Å². The minimum Gasteiger partial charge on any atom is -0.400 e. The maximum absolute atomic E-state index is 10.2. The highest BCUT2D eigenvalue weighted by Gasteiger charge is 2.62. The third kappa shape index (κ3) is 6.35. The second kappa shape index (κ2) is 13.7. The molecule has 0 bridgehead atoms. The third-order valence-corrected chi connectivity index (χ3v) is 13.2. The van der Waals surface area contributed by atoms with Crippen molar-refractivity contribution < 1.29 is 19.4 Å². The summed E-state index contributed by atoms with van der Waals surface area (Å²) < 4.78 is 5.93. The fraction of sp³-hybridized carbons (Fsp3) is 0.744. The van der Waals surface area contributed by atoms with Crippen molar-refractivity contribution in [2.45, 2.75) is 126 Å². The molecular weight excluding hydrogens is 532 g/mol. The molecule has 8 atom stereocenters. The van der Waals surface area contributed by atoms with Crippen molar-refractivity contribution in [3.05, 3.63) is 46.5 Å². The molecule has 4 nitrogen and oxygen atoms in total. The first-order valence-electron chi connectivity index (χ1n) is 16.6. The number of rotatable bonds is 3. The van der Waals surface area contributed by atoms with Crippen molar-refractivity contribution in [2.24, 2.45) is 45.3 Å². The summed E-state index contributed by atoms with van der Waals surface area (Å²) in [6.45, 7) is 15.6. The highest BCUT2D eigenvalue weighted by atomic mass is 16.5. The molecule has 4 fully saturated rings. The van der Waals surface area contributed by atoms with Gasteiger partial charge >= 0.3 is 0 Å². The van der Waals surface area contributed by atoms with Crippen molar-refractivity contribution in [3.8, 4) is 0 Å². The molecule has 0 spiro atoms. The van der Waals surface area contributed by atoms with Gasteiger partial charge in [-0.1, -0.05) is 84.4 Å². The van der Waals surface area contributed by atoms with Crippen molar-refractivity contribution in [3.63, 3.8) is 0 Å². The van der Waals surface area contributed by atoms with Crippen LogP contribution < -0.4 is 0 Å². The van der Waals surface area contributed by atoms with E-state index >= 15 is 0 Å². The number of aldehydes is 2. The zero-order valence-electron chi connectivity index (χ0n) is 27.8. The standard InChI is InChI=1S/C29H48O.C8H6O2.CH4O.CH4/c1-19-21-11-14-29(6)22-10-13-27(4)17-16-26(2,3)18-23(27)20(22)8-9-25(29)28(21,5)15-12-24(19)30-7;9-5-7-3-1-2-4-8(7)6-10;1-2;/h19,21-22,24-25H,8-18H2,1-7H3;1-6H;2H,1H3;1H4. The van der Waals surface area contributed by atoms with Crippen molar-refractivity contribution in [1.29, 1.82) is 0 Å². The number of ether oxygens (including phenoxy) is 1. The van der Waals surface area contributed by atoms with Crippen molar-refractivity contribution >= 4 is 12.6 Å². The monoisotopic (exact) mass is 594 g/mol. The van der Waals surface area contributed by atoms with Gasteiger partial charge in [-0.2, -0.15) is 0 Å². The zero-order chi connectivity index (χ0) is 30.9. The molecule has 4 saturated carbocycles. The Hall–Kier alpha value is -1.78. The number of aliphatic hydroxyl groups is 1. The number of carbonyl (C=O) groups is 2. The highest BCUT2D eigenvalue weighted by molar-refractivity contribution is 5.90. The van der Waals surface area contributed by atoms with Crippen LogP contribution in [-0.2, 0) is 4.74 Å². The van der Waals surface area contributed by atoms with Crippen LogP contribution in [0, 0.1) is 45.3 Å². The largest absolute Gasteiger partial charge is 0.400 e. The van der Waals surface area contributed by atoms with E-state index in [1.54, 1.807) is 24.3 Å². The normalized spacial score (nSPS) is 39.0. The summed E-state index contributed by atoms with van der Waals surface area (Å²) >= 11 is 0. The topological polar surface area (TPSA) is 63.6 Å². The van der Waals surface area contributed by atoms with Crippen LogP contribution in [0.25, 0.3) is 0 Å². The molecule has 1 aromatic rings. The van der Waals surface area contributed by atoms with Gasteiger partial charge in [0.25, 0.3) is 0 Å². The van der Waals surface area contributed by atoms with Crippen LogP contribution in [0.15, 0.2) is 35.4 Å². The smallest absolute Gasteiger partial charge is 0.150 e. The van der Waals surface area contributed by atoms with Crippen LogP contribution in [0.5, 0.6) is 0 Å². The van der Waals surface area contributed by atoms with E-state index in [1.807, 2.05) is 18.3 Å². The Morgan fingerprint density at radius 3 is 2.00 bits per heavy atom. The molecule has 0 heterocycles. The number of hydrogen-bond acceptors (Lipinski definition) is 4. The summed E-state index contributed by atoms with van der Waals surface area (Å²) in [5.41, 5.74) is 6.90. The van der Waals surface area contributed by atoms with E-state index in [2.05, 4.69) is 41.5 Å². The molecule has 0 aromatic heterocycles. The fourth-order valence-electron chi connectivity index (χ4n) is 10.8. The molecule has 1 N–H and O–H groups in total. The van der Waals surface area contributed by atoms with E-state index in [9.17, 15) is 9.59 Å². The lowest BCUT2D eigenvalue weighted by atomic mass is 9.39. The third-order valence-electron chi connectivity index (χ3n) is 13.2. The number of aliphatic hydroxyl groups excluding tert-OH is 1. The number of allylic oxidation sites excluding steroid dienone is 2. The molecule has 6 rings (SSSR count). The highest BCUT2D eigenvalue weighted by Crippen LogP contribution is 2.70. The van der Waals surface area contributed by atoms with E-state index in [-0.39, 0.29) is 7.43 Å². The van der Waals surface area contributed by atoms with Gasteiger partial charge in [0.2, 0.25) is 0 Å². The maximum Gasteiger partial charge on any atom is 0.150 e. The summed E-state index contributed by atoms with van der Waals surface area (Å²) in [7, 11) is 2.94. The molecule has 0 radical (unpaired) electrons. The minimum absolute atomic E-state index is 0. The Labute approximate surface area is 263 Å². The summed E-state index contributed by atoms with van der Waals surface area (Å²) in [6.07, 6.45) is 17.4. The first-order chi connectivity index (χ1) is 19.9. The van der Waals surface area contributed by atoms with E-state index in [0.29, 0.717) is 51.5 Å². The van der Waals surface area contributed by atoms with Crippen LogP contribution in [0.3, 0.4) is 0 Å². The van der Waals surface area contributed by atoms with E-state index < -0.39 is 0 Å². The quantitative estimate of drug-likeness (QED) is 0.279. The van der Waals surface area contributed by atoms with E-state index in [4.69, 9.17) is 9.84 Å². The van der Waals surface area contributed by atoms with Gasteiger partial charge in [0.1, 0.15) is 0 Å². The molecule has 4 heteroatoms. The molecule has 5 aliphatic rings. The molecule has 5 aliphatic carbocycles. The number of methoxy groups -OCH3 is 1. The Morgan fingerprint density at radius 2 is 1.42 bits per heavy atom. The van der Waals surface area contributed by atoms with Gasteiger partial charge in [-0.3, -0.25) is 9.59 Å². The SMILES string of the molecule is C.CO.COC1CCC2(C)C(CCC3(C)C4CCC5(C)CCC(C)(C)CC5=C4CCC32)C1C.O=Cc1ccccc1C=O. The molecule has 0 aliphatic heterocycles. The zero-order valence-corrected chi connectivity index (χ0v) is 27.8. The first kappa shape index (κ1) is 35.7. The Kier molecular flexibility index (Phi) is 11.4. The predicted octanol–water partition coefficient (Wildman–Crippen LogP) is 9.74. The van der Waals surface area contributed by atoms with Crippen molar-refractivity contribution in [2.75, 3.05) is 14.2 Å². The van der Waals surface area contributed by atoms with Gasteiger partial charge in [-0.05, 0) is 116 Å². The average Bonchev–Trinajstić information content (AvgIpc) is 2.98. The lowest BCUT2D eigenvalue weighted by Crippen LogP contribution is -2.59. The number of fused-ring (bicyclic) bond motifs is 6. The predicted molar refractivity (Wildman–Crippen MR) is 178 cm³/mol. The number of carbonyl (C=O) groups excluding carboxylic acids is 2. The summed E-state index contributed by atoms with van der Waals surface area (Å²) in [6, 6.07) is 6.65. The summed E-state index contributed by atoms with van der Waals surface area (Å²) in [5.74, 6) is 3.39. The van der Waals surface area contributed by atoms with Gasteiger partial charge in [0.05, 0.1) is 6.10 Å². The Morgan fingerprint density at radius 1 is 0.814 bits per heavy atom. The van der Waals surface area contributed by atoms with Crippen molar-refractivity contribution in [1.82, 2.24) is 0 Å². The molecular formula is C39H62O4. The van der Waals surface area contributed by atoms with Crippen LogP contribution in [0.1, 0.15) is 140 Å². The lowest BCUT2D eigenvalue weighted by molar-refractivity contribution is -0.163. The Balaban J connectivity index is 0.000000331. The fourth-order valence-corrected chi connectivity index (χ4v) is 10.8. The Bertz CT molecular complexity index is 1120. The van der Waals surface area contributed by atoms with E-state index in [1.165, 1.54) is 70.6 Å². The van der Waals surface area contributed by atoms with Crippen LogP contribution in [0.4, 0.5) is 0 Å². The average molecular weight is 595 g/mol.